The van der Waals surface area contributed by atoms with Gasteiger partial charge in [0.2, 0.25) is 0 Å². The van der Waals surface area contributed by atoms with Crippen molar-refractivity contribution in [1.29, 1.82) is 0 Å². The van der Waals surface area contributed by atoms with E-state index < -0.39 is 4.92 Å². The summed E-state index contributed by atoms with van der Waals surface area (Å²) in [7, 11) is 0. The van der Waals surface area contributed by atoms with Gasteiger partial charge in [-0.1, -0.05) is 30.3 Å². The van der Waals surface area contributed by atoms with E-state index in [1.165, 1.54) is 18.0 Å². The van der Waals surface area contributed by atoms with Crippen LogP contribution in [0.2, 0.25) is 0 Å². The lowest BCUT2D eigenvalue weighted by atomic mass is 10.2. The number of ether oxygens (including phenoxy) is 1. The first kappa shape index (κ1) is 14.2. The largest absolute Gasteiger partial charge is 0.381 e. The molecule has 6 heteroatoms. The Morgan fingerprint density at radius 2 is 2.05 bits per heavy atom. The third kappa shape index (κ3) is 4.47. The van der Waals surface area contributed by atoms with Crippen LogP contribution in [0.25, 0.3) is 0 Å². The fourth-order valence-electron chi connectivity index (χ4n) is 1.83. The molecule has 0 aliphatic carbocycles. The molecule has 0 amide bonds. The smallest absolute Gasteiger partial charge is 0.306 e. The van der Waals surface area contributed by atoms with Crippen molar-refractivity contribution in [3.8, 4) is 0 Å². The second-order valence-corrected chi connectivity index (χ2v) is 4.42. The first-order chi connectivity index (χ1) is 9.75. The molecule has 0 radical (unpaired) electrons. The van der Waals surface area contributed by atoms with Crippen LogP contribution in [0.4, 0.5) is 5.69 Å². The van der Waals surface area contributed by atoms with Crippen molar-refractivity contribution >= 4 is 5.69 Å². The number of benzene rings is 1. The summed E-state index contributed by atoms with van der Waals surface area (Å²) >= 11 is 0. The quantitative estimate of drug-likeness (QED) is 0.421. The highest BCUT2D eigenvalue weighted by Gasteiger charge is 2.07. The lowest BCUT2D eigenvalue weighted by molar-refractivity contribution is -0.385. The summed E-state index contributed by atoms with van der Waals surface area (Å²) in [5.41, 5.74) is 1.28. The van der Waals surface area contributed by atoms with Crippen molar-refractivity contribution in [2.24, 2.45) is 0 Å². The minimum absolute atomic E-state index is 0.0231. The molecule has 1 aromatic carbocycles. The van der Waals surface area contributed by atoms with E-state index in [4.69, 9.17) is 4.74 Å². The normalized spacial score (nSPS) is 10.6. The number of hydrogen-bond donors (Lipinski definition) is 0. The van der Waals surface area contributed by atoms with Gasteiger partial charge >= 0.3 is 5.69 Å². The van der Waals surface area contributed by atoms with Gasteiger partial charge in [0.05, 0.1) is 11.5 Å². The average molecular weight is 275 g/mol. The number of rotatable bonds is 8. The maximum atomic E-state index is 10.5. The van der Waals surface area contributed by atoms with Gasteiger partial charge < -0.3 is 4.74 Å². The van der Waals surface area contributed by atoms with E-state index in [-0.39, 0.29) is 5.69 Å². The van der Waals surface area contributed by atoms with E-state index in [2.05, 4.69) is 17.2 Å². The van der Waals surface area contributed by atoms with E-state index in [0.29, 0.717) is 19.8 Å². The zero-order valence-electron chi connectivity index (χ0n) is 11.1. The Kier molecular flexibility index (Phi) is 5.25. The monoisotopic (exact) mass is 275 g/mol. The third-order valence-corrected chi connectivity index (χ3v) is 2.88. The van der Waals surface area contributed by atoms with Crippen LogP contribution in [-0.2, 0) is 17.7 Å². The summed E-state index contributed by atoms with van der Waals surface area (Å²) < 4.78 is 7.11. The highest BCUT2D eigenvalue weighted by atomic mass is 16.6. The molecule has 0 saturated carbocycles. The van der Waals surface area contributed by atoms with Gasteiger partial charge in [0.25, 0.3) is 0 Å². The molecular formula is C14H17N3O3. The van der Waals surface area contributed by atoms with Crippen molar-refractivity contribution in [3.05, 3.63) is 58.4 Å². The minimum atomic E-state index is -0.445. The van der Waals surface area contributed by atoms with Gasteiger partial charge in [0.1, 0.15) is 12.4 Å². The second-order valence-electron chi connectivity index (χ2n) is 4.42. The standard InChI is InChI=1S/C14H17N3O3/c18-17(19)14-11-15-16(12-14)8-4-9-20-10-7-13-5-2-1-3-6-13/h1-3,5-6,11-12H,4,7-10H2. The van der Waals surface area contributed by atoms with E-state index in [1.54, 1.807) is 4.68 Å². The van der Waals surface area contributed by atoms with E-state index >= 15 is 0 Å². The van der Waals surface area contributed by atoms with Crippen LogP contribution >= 0.6 is 0 Å². The molecule has 0 bridgehead atoms. The average Bonchev–Trinajstić information content (AvgIpc) is 2.93. The van der Waals surface area contributed by atoms with Gasteiger partial charge in [-0.25, -0.2) is 0 Å². The Bertz CT molecular complexity index is 540. The van der Waals surface area contributed by atoms with Crippen molar-refractivity contribution < 1.29 is 9.66 Å². The number of aryl methyl sites for hydroxylation is 1. The van der Waals surface area contributed by atoms with Crippen LogP contribution in [0, 0.1) is 10.1 Å². The van der Waals surface area contributed by atoms with Crippen LogP contribution in [0.3, 0.4) is 0 Å². The molecule has 1 aromatic heterocycles. The second kappa shape index (κ2) is 7.40. The molecule has 1 heterocycles. The Morgan fingerprint density at radius 3 is 2.75 bits per heavy atom. The van der Waals surface area contributed by atoms with Crippen molar-refractivity contribution in [3.63, 3.8) is 0 Å². The van der Waals surface area contributed by atoms with Crippen molar-refractivity contribution in [2.75, 3.05) is 13.2 Å². The number of nitrogens with zero attached hydrogens (tertiary/aromatic N) is 3. The Hall–Kier alpha value is -2.21. The summed E-state index contributed by atoms with van der Waals surface area (Å²) in [6, 6.07) is 10.2. The third-order valence-electron chi connectivity index (χ3n) is 2.88. The molecule has 0 spiro atoms. The topological polar surface area (TPSA) is 70.2 Å². The summed E-state index contributed by atoms with van der Waals surface area (Å²) in [6.07, 6.45) is 4.38. The molecule has 0 aliphatic heterocycles. The fraction of sp³-hybridized carbons (Fsp3) is 0.357. The molecule has 2 rings (SSSR count). The van der Waals surface area contributed by atoms with Crippen LogP contribution in [0.5, 0.6) is 0 Å². The van der Waals surface area contributed by atoms with Gasteiger partial charge in [-0.15, -0.1) is 0 Å². The van der Waals surface area contributed by atoms with Crippen molar-refractivity contribution in [2.45, 2.75) is 19.4 Å². The molecule has 106 valence electrons. The van der Waals surface area contributed by atoms with E-state index in [0.717, 1.165) is 12.8 Å². The van der Waals surface area contributed by atoms with Gasteiger partial charge in [-0.3, -0.25) is 14.8 Å². The molecule has 0 atom stereocenters. The highest BCUT2D eigenvalue weighted by molar-refractivity contribution is 5.20. The maximum absolute atomic E-state index is 10.5. The molecule has 0 fully saturated rings. The van der Waals surface area contributed by atoms with Crippen LogP contribution < -0.4 is 0 Å². The Balaban J connectivity index is 1.58. The molecule has 0 aliphatic rings. The minimum Gasteiger partial charge on any atom is -0.381 e. The maximum Gasteiger partial charge on any atom is 0.306 e. The molecular weight excluding hydrogens is 258 g/mol. The fourth-order valence-corrected chi connectivity index (χ4v) is 1.83. The van der Waals surface area contributed by atoms with Gasteiger partial charge in [-0.05, 0) is 18.4 Å². The molecule has 0 unspecified atom stereocenters. The highest BCUT2D eigenvalue weighted by Crippen LogP contribution is 2.08. The van der Waals surface area contributed by atoms with Crippen LogP contribution in [-0.4, -0.2) is 27.9 Å². The first-order valence-electron chi connectivity index (χ1n) is 6.54. The number of nitro groups is 1. The van der Waals surface area contributed by atoms with Gasteiger partial charge in [0.15, 0.2) is 0 Å². The van der Waals surface area contributed by atoms with E-state index in [9.17, 15) is 10.1 Å². The summed E-state index contributed by atoms with van der Waals surface area (Å²) in [4.78, 5) is 10.0. The Morgan fingerprint density at radius 1 is 1.25 bits per heavy atom. The van der Waals surface area contributed by atoms with E-state index in [1.807, 2.05) is 18.2 Å². The predicted octanol–water partition coefficient (Wildman–Crippen LogP) is 2.44. The van der Waals surface area contributed by atoms with Crippen LogP contribution in [0.1, 0.15) is 12.0 Å². The van der Waals surface area contributed by atoms with Gasteiger partial charge in [-0.2, -0.15) is 5.10 Å². The zero-order chi connectivity index (χ0) is 14.2. The lowest BCUT2D eigenvalue weighted by Gasteiger charge is -2.04. The lowest BCUT2D eigenvalue weighted by Crippen LogP contribution is -2.05. The summed E-state index contributed by atoms with van der Waals surface area (Å²) in [6.45, 7) is 1.93. The zero-order valence-corrected chi connectivity index (χ0v) is 11.1. The molecule has 2 aromatic rings. The number of aromatic nitrogens is 2. The molecule has 20 heavy (non-hydrogen) atoms. The van der Waals surface area contributed by atoms with Crippen molar-refractivity contribution in [1.82, 2.24) is 9.78 Å². The van der Waals surface area contributed by atoms with Crippen LogP contribution in [0.15, 0.2) is 42.7 Å². The molecule has 0 saturated heterocycles. The Labute approximate surface area is 117 Å². The molecule has 6 nitrogen and oxygen atoms in total. The SMILES string of the molecule is O=[N+]([O-])c1cnn(CCCOCCc2ccccc2)c1. The first-order valence-corrected chi connectivity index (χ1v) is 6.54. The predicted molar refractivity (Wildman–Crippen MR) is 74.5 cm³/mol. The number of hydrogen-bond acceptors (Lipinski definition) is 4. The summed E-state index contributed by atoms with van der Waals surface area (Å²) in [5.74, 6) is 0. The molecule has 0 N–H and O–H groups in total. The van der Waals surface area contributed by atoms with Gasteiger partial charge in [0, 0.05) is 13.2 Å². The summed E-state index contributed by atoms with van der Waals surface area (Å²) in [5, 5.41) is 14.4.